The summed E-state index contributed by atoms with van der Waals surface area (Å²) in [6.45, 7) is 20.9. The first kappa shape index (κ1) is 32.7. The minimum Gasteiger partial charge on any atom is -0.394 e. The average molecular weight is 587 g/mol. The maximum absolute atomic E-state index is 10.4. The summed E-state index contributed by atoms with van der Waals surface area (Å²) in [6, 6.07) is 0. The molecule has 1 saturated heterocycles. The molecule has 5 aliphatic rings. The number of ether oxygens (including phenoxy) is 2. The van der Waals surface area contributed by atoms with Crippen LogP contribution in [0.15, 0.2) is 24.3 Å². The van der Waals surface area contributed by atoms with Gasteiger partial charge in [-0.2, -0.15) is 0 Å². The summed E-state index contributed by atoms with van der Waals surface area (Å²) in [5, 5.41) is 30.3. The Morgan fingerprint density at radius 1 is 1.10 bits per heavy atom. The van der Waals surface area contributed by atoms with Gasteiger partial charge in [-0.05, 0) is 112 Å². The highest BCUT2D eigenvalue weighted by atomic mass is 16.7. The number of fused-ring (bicyclic) bond motifs is 5. The van der Waals surface area contributed by atoms with Crippen molar-refractivity contribution in [2.75, 3.05) is 6.61 Å². The molecule has 12 atom stereocenters. The summed E-state index contributed by atoms with van der Waals surface area (Å²) in [5.41, 5.74) is 1.65. The maximum Gasteiger partial charge on any atom is 0.160 e. The molecule has 1 heterocycles. The van der Waals surface area contributed by atoms with Gasteiger partial charge < -0.3 is 24.8 Å². The summed E-state index contributed by atoms with van der Waals surface area (Å²) in [4.78, 5) is 0. The number of aliphatic hydroxyl groups excluding tert-OH is 2. The average Bonchev–Trinajstić information content (AvgIpc) is 3.20. The third-order valence-electron chi connectivity index (χ3n) is 14.0. The molecule has 0 radical (unpaired) electrons. The topological polar surface area (TPSA) is 79.2 Å². The first-order valence-electron chi connectivity index (χ1n) is 17.3. The third kappa shape index (κ3) is 5.40. The van der Waals surface area contributed by atoms with Crippen LogP contribution in [0, 0.1) is 45.3 Å². The molecule has 5 heteroatoms. The van der Waals surface area contributed by atoms with Crippen LogP contribution >= 0.6 is 0 Å². The van der Waals surface area contributed by atoms with E-state index in [1.165, 1.54) is 37.7 Å². The quantitative estimate of drug-likeness (QED) is 0.243. The molecule has 42 heavy (non-hydrogen) atoms. The van der Waals surface area contributed by atoms with Gasteiger partial charge in [0.05, 0.1) is 30.5 Å². The summed E-state index contributed by atoms with van der Waals surface area (Å²) in [6.07, 6.45) is 15.9. The van der Waals surface area contributed by atoms with Crippen LogP contribution in [0.5, 0.6) is 0 Å². The van der Waals surface area contributed by atoms with Crippen molar-refractivity contribution in [3.8, 4) is 0 Å². The zero-order valence-electron chi connectivity index (χ0n) is 27.8. The van der Waals surface area contributed by atoms with Crippen LogP contribution in [0.3, 0.4) is 0 Å². The molecule has 5 rings (SSSR count). The van der Waals surface area contributed by atoms with Gasteiger partial charge in [-0.25, -0.2) is 0 Å². The van der Waals surface area contributed by atoms with Crippen molar-refractivity contribution in [2.24, 2.45) is 45.3 Å². The van der Waals surface area contributed by atoms with E-state index in [9.17, 15) is 15.3 Å². The van der Waals surface area contributed by atoms with Crippen LogP contribution in [-0.4, -0.2) is 52.1 Å². The molecule has 3 unspecified atom stereocenters. The van der Waals surface area contributed by atoms with Gasteiger partial charge in [-0.15, -0.1) is 6.58 Å². The van der Waals surface area contributed by atoms with E-state index in [-0.39, 0.29) is 29.6 Å². The highest BCUT2D eigenvalue weighted by Gasteiger charge is 2.67. The normalized spacial score (nSPS) is 48.0. The minimum atomic E-state index is -0.566. The molecular formula is C37H62O5. The Hall–Kier alpha value is -0.720. The van der Waals surface area contributed by atoms with Crippen molar-refractivity contribution in [1.29, 1.82) is 0 Å². The molecule has 4 aliphatic carbocycles. The van der Waals surface area contributed by atoms with Crippen molar-refractivity contribution in [2.45, 2.75) is 156 Å². The van der Waals surface area contributed by atoms with Gasteiger partial charge in [0.15, 0.2) is 6.29 Å². The van der Waals surface area contributed by atoms with Gasteiger partial charge >= 0.3 is 0 Å². The molecule has 0 amide bonds. The van der Waals surface area contributed by atoms with Crippen molar-refractivity contribution in [3.05, 3.63) is 24.3 Å². The monoisotopic (exact) mass is 586 g/mol. The second kappa shape index (κ2) is 11.6. The van der Waals surface area contributed by atoms with E-state index in [0.29, 0.717) is 41.4 Å². The van der Waals surface area contributed by atoms with Gasteiger partial charge in [0.2, 0.25) is 0 Å². The van der Waals surface area contributed by atoms with Crippen LogP contribution in [0.4, 0.5) is 0 Å². The second-order valence-corrected chi connectivity index (χ2v) is 16.9. The standard InChI is InChI=1S/C37H62O5/c1-9-34(5)28-12-14-30-35(6,29(28)13-15-31(34)42-32-22-25(39)21-26(23-38)41-32)19-20-36(7)27(16-18-37(30,36)8)24(2)11-10-17-33(3,4)40/h9,12,24-27,29-32,38-40H,1,10-11,13-23H2,2-8H3/t24-,25+,26+,27?,29?,30?,31+,32+,34+,35+,36-,37+/m1/s1. The molecule has 0 aromatic carbocycles. The summed E-state index contributed by atoms with van der Waals surface area (Å²) in [5.74, 6) is 2.67. The lowest BCUT2D eigenvalue weighted by molar-refractivity contribution is -0.253. The molecule has 3 N–H and O–H groups in total. The van der Waals surface area contributed by atoms with Crippen molar-refractivity contribution >= 4 is 0 Å². The summed E-state index contributed by atoms with van der Waals surface area (Å²) >= 11 is 0. The van der Waals surface area contributed by atoms with Crippen molar-refractivity contribution < 1.29 is 24.8 Å². The van der Waals surface area contributed by atoms with Crippen LogP contribution in [-0.2, 0) is 9.47 Å². The summed E-state index contributed by atoms with van der Waals surface area (Å²) < 4.78 is 12.7. The molecule has 0 bridgehead atoms. The predicted molar refractivity (Wildman–Crippen MR) is 169 cm³/mol. The lowest BCUT2D eigenvalue weighted by Gasteiger charge is -2.66. The Morgan fingerprint density at radius 3 is 2.50 bits per heavy atom. The Bertz CT molecular complexity index is 1020. The predicted octanol–water partition coefficient (Wildman–Crippen LogP) is 7.58. The van der Waals surface area contributed by atoms with E-state index in [1.54, 1.807) is 0 Å². The van der Waals surface area contributed by atoms with Crippen molar-refractivity contribution in [3.63, 3.8) is 0 Å². The van der Waals surface area contributed by atoms with E-state index < -0.39 is 18.0 Å². The first-order valence-corrected chi connectivity index (χ1v) is 17.3. The highest BCUT2D eigenvalue weighted by molar-refractivity contribution is 5.34. The molecular weight excluding hydrogens is 524 g/mol. The SMILES string of the molecule is C=C[C@@]1(C)C2=CCC3[C@@](C)(CC[C@]4(C)C([C@H](C)CCCC(C)(C)O)CC[C@@]34C)C2CC[C@@H]1O[C@H]1C[C@@H](O)C[C@@H](CO)O1. The fourth-order valence-corrected chi connectivity index (χ4v) is 11.3. The Labute approximate surface area is 256 Å². The number of allylic oxidation sites excluding steroid dienone is 1. The Balaban J connectivity index is 1.35. The number of hydrogen-bond donors (Lipinski definition) is 3. The molecule has 0 aromatic heterocycles. The van der Waals surface area contributed by atoms with Gasteiger partial charge in [0.1, 0.15) is 0 Å². The zero-order valence-corrected chi connectivity index (χ0v) is 27.8. The second-order valence-electron chi connectivity index (χ2n) is 16.9. The van der Waals surface area contributed by atoms with Gasteiger partial charge in [0.25, 0.3) is 0 Å². The molecule has 4 fully saturated rings. The molecule has 0 spiro atoms. The van der Waals surface area contributed by atoms with E-state index in [4.69, 9.17) is 9.47 Å². The van der Waals surface area contributed by atoms with Crippen LogP contribution in [0.25, 0.3) is 0 Å². The summed E-state index contributed by atoms with van der Waals surface area (Å²) in [7, 11) is 0. The van der Waals surface area contributed by atoms with Crippen LogP contribution in [0.1, 0.15) is 126 Å². The lowest BCUT2D eigenvalue weighted by atomic mass is 9.39. The minimum absolute atomic E-state index is 0.0441. The van der Waals surface area contributed by atoms with Crippen LogP contribution < -0.4 is 0 Å². The lowest BCUT2D eigenvalue weighted by Crippen LogP contribution is -2.59. The van der Waals surface area contributed by atoms with Gasteiger partial charge in [-0.1, -0.05) is 58.3 Å². The first-order chi connectivity index (χ1) is 19.6. The number of hydrogen-bond acceptors (Lipinski definition) is 5. The largest absolute Gasteiger partial charge is 0.394 e. The molecule has 3 saturated carbocycles. The van der Waals surface area contributed by atoms with Gasteiger partial charge in [-0.3, -0.25) is 0 Å². The molecule has 5 nitrogen and oxygen atoms in total. The molecule has 1 aliphatic heterocycles. The number of aliphatic hydroxyl groups is 3. The van der Waals surface area contributed by atoms with E-state index in [2.05, 4.69) is 53.3 Å². The van der Waals surface area contributed by atoms with Crippen LogP contribution in [0.2, 0.25) is 0 Å². The van der Waals surface area contributed by atoms with E-state index in [1.807, 2.05) is 13.8 Å². The van der Waals surface area contributed by atoms with E-state index >= 15 is 0 Å². The smallest absolute Gasteiger partial charge is 0.160 e. The third-order valence-corrected chi connectivity index (χ3v) is 14.0. The number of rotatable bonds is 9. The molecule has 240 valence electrons. The Kier molecular flexibility index (Phi) is 9.00. The Morgan fingerprint density at radius 2 is 1.83 bits per heavy atom. The van der Waals surface area contributed by atoms with Crippen molar-refractivity contribution in [1.82, 2.24) is 0 Å². The van der Waals surface area contributed by atoms with E-state index in [0.717, 1.165) is 38.0 Å². The van der Waals surface area contributed by atoms with Gasteiger partial charge in [0, 0.05) is 18.3 Å². The fraction of sp³-hybridized carbons (Fsp3) is 0.892. The fourth-order valence-electron chi connectivity index (χ4n) is 11.3. The highest BCUT2D eigenvalue weighted by Crippen LogP contribution is 2.75. The zero-order chi connectivity index (χ0) is 30.7. The maximum atomic E-state index is 10.4. The molecule has 0 aromatic rings.